The first-order valence-corrected chi connectivity index (χ1v) is 6.29. The molecule has 1 amide bonds. The summed E-state index contributed by atoms with van der Waals surface area (Å²) in [5.74, 6) is 5.34. The van der Waals surface area contributed by atoms with E-state index in [4.69, 9.17) is 5.11 Å². The van der Waals surface area contributed by atoms with Crippen LogP contribution < -0.4 is 5.32 Å². The van der Waals surface area contributed by atoms with Crippen molar-refractivity contribution in [2.45, 2.75) is 6.54 Å². The van der Waals surface area contributed by atoms with Gasteiger partial charge in [-0.05, 0) is 29.8 Å². The number of hydrogen-bond acceptors (Lipinski definition) is 2. The molecule has 0 spiro atoms. The molecule has 0 atom stereocenters. The van der Waals surface area contributed by atoms with E-state index in [-0.39, 0.29) is 12.5 Å². The number of amides is 1. The van der Waals surface area contributed by atoms with Gasteiger partial charge in [-0.3, -0.25) is 4.79 Å². The topological polar surface area (TPSA) is 54.3 Å². The van der Waals surface area contributed by atoms with E-state index >= 15 is 0 Å². The van der Waals surface area contributed by atoms with Gasteiger partial charge in [0.25, 0.3) is 5.91 Å². The molecule has 0 fully saturated rings. The standard InChI is InChI=1S/C16H16N2O2/c1-18-9-3-8-15(18)16(20)17-12-14-6-2-5-13(11-14)7-4-10-19/h2-3,5-6,8-9,11,19H,10,12H2,1H3,(H,17,20). The van der Waals surface area contributed by atoms with Crippen molar-refractivity contribution in [1.29, 1.82) is 0 Å². The van der Waals surface area contributed by atoms with E-state index in [9.17, 15) is 4.79 Å². The van der Waals surface area contributed by atoms with E-state index in [0.29, 0.717) is 12.2 Å². The monoisotopic (exact) mass is 268 g/mol. The van der Waals surface area contributed by atoms with Gasteiger partial charge in [0.05, 0.1) is 0 Å². The van der Waals surface area contributed by atoms with E-state index in [1.807, 2.05) is 43.6 Å². The highest BCUT2D eigenvalue weighted by Crippen LogP contribution is 2.05. The molecule has 0 aliphatic rings. The summed E-state index contributed by atoms with van der Waals surface area (Å²) in [4.78, 5) is 12.0. The van der Waals surface area contributed by atoms with Crippen LogP contribution in [0.25, 0.3) is 0 Å². The van der Waals surface area contributed by atoms with E-state index in [2.05, 4.69) is 17.2 Å². The summed E-state index contributed by atoms with van der Waals surface area (Å²) in [6.45, 7) is 0.285. The number of carbonyl (C=O) groups is 1. The summed E-state index contributed by atoms with van der Waals surface area (Å²) in [5.41, 5.74) is 2.42. The summed E-state index contributed by atoms with van der Waals surface area (Å²) >= 11 is 0. The minimum Gasteiger partial charge on any atom is -0.384 e. The Labute approximate surface area is 118 Å². The van der Waals surface area contributed by atoms with Crippen molar-refractivity contribution in [3.8, 4) is 11.8 Å². The Morgan fingerprint density at radius 3 is 2.90 bits per heavy atom. The first kappa shape index (κ1) is 13.9. The minimum atomic E-state index is -0.158. The molecule has 2 N–H and O–H groups in total. The number of nitrogens with one attached hydrogen (secondary N) is 1. The van der Waals surface area contributed by atoms with Gasteiger partial charge in [-0.2, -0.15) is 0 Å². The zero-order valence-electron chi connectivity index (χ0n) is 11.3. The highest BCUT2D eigenvalue weighted by molar-refractivity contribution is 5.92. The number of aliphatic hydroxyl groups excluding tert-OH is 1. The molecule has 0 saturated heterocycles. The fourth-order valence-electron chi connectivity index (χ4n) is 1.87. The third kappa shape index (κ3) is 3.50. The van der Waals surface area contributed by atoms with Crippen LogP contribution in [0.3, 0.4) is 0 Å². The predicted octanol–water partition coefficient (Wildman–Crippen LogP) is 1.30. The molecule has 0 bridgehead atoms. The summed E-state index contributed by atoms with van der Waals surface area (Å²) in [5, 5.41) is 11.5. The third-order valence-corrected chi connectivity index (χ3v) is 2.87. The molecule has 1 aromatic carbocycles. The van der Waals surface area contributed by atoms with Crippen LogP contribution in [0.15, 0.2) is 42.6 Å². The second-order valence-corrected chi connectivity index (χ2v) is 4.35. The van der Waals surface area contributed by atoms with Gasteiger partial charge < -0.3 is 15.0 Å². The molecule has 0 unspecified atom stereocenters. The Morgan fingerprint density at radius 2 is 2.20 bits per heavy atom. The van der Waals surface area contributed by atoms with Gasteiger partial charge in [-0.1, -0.05) is 24.0 Å². The molecule has 0 radical (unpaired) electrons. The number of hydrogen-bond donors (Lipinski definition) is 2. The third-order valence-electron chi connectivity index (χ3n) is 2.87. The van der Waals surface area contributed by atoms with Gasteiger partial charge in [0.1, 0.15) is 12.3 Å². The number of benzene rings is 1. The van der Waals surface area contributed by atoms with E-state index < -0.39 is 0 Å². The van der Waals surface area contributed by atoms with Crippen molar-refractivity contribution >= 4 is 5.91 Å². The van der Waals surface area contributed by atoms with Gasteiger partial charge >= 0.3 is 0 Å². The van der Waals surface area contributed by atoms with Crippen LogP contribution in [0.5, 0.6) is 0 Å². The van der Waals surface area contributed by atoms with Gasteiger partial charge in [-0.15, -0.1) is 0 Å². The van der Waals surface area contributed by atoms with Crippen molar-refractivity contribution in [3.05, 3.63) is 59.4 Å². The quantitative estimate of drug-likeness (QED) is 0.824. The molecular formula is C16H16N2O2. The number of rotatable bonds is 3. The largest absolute Gasteiger partial charge is 0.384 e. The Hall–Kier alpha value is -2.51. The molecule has 1 aromatic heterocycles. The molecule has 2 aromatic rings. The normalized spacial score (nSPS) is 9.70. The second kappa shape index (κ2) is 6.60. The number of nitrogens with zero attached hydrogens (tertiary/aromatic N) is 1. The van der Waals surface area contributed by atoms with Crippen molar-refractivity contribution < 1.29 is 9.90 Å². The minimum absolute atomic E-state index is 0.107. The smallest absolute Gasteiger partial charge is 0.268 e. The van der Waals surface area contributed by atoms with Crippen molar-refractivity contribution in [3.63, 3.8) is 0 Å². The van der Waals surface area contributed by atoms with Crippen LogP contribution in [0.2, 0.25) is 0 Å². The summed E-state index contributed by atoms with van der Waals surface area (Å²) in [6, 6.07) is 11.2. The van der Waals surface area contributed by atoms with Crippen LogP contribution in [-0.4, -0.2) is 22.2 Å². The zero-order valence-corrected chi connectivity index (χ0v) is 11.3. The lowest BCUT2D eigenvalue weighted by atomic mass is 10.1. The molecule has 1 heterocycles. The highest BCUT2D eigenvalue weighted by Gasteiger charge is 2.07. The van der Waals surface area contributed by atoms with Gasteiger partial charge in [0, 0.05) is 25.4 Å². The molecule has 0 saturated carbocycles. The highest BCUT2D eigenvalue weighted by atomic mass is 16.2. The first-order chi connectivity index (χ1) is 9.70. The van der Waals surface area contributed by atoms with Crippen LogP contribution in [0.4, 0.5) is 0 Å². The average molecular weight is 268 g/mol. The molecule has 4 heteroatoms. The van der Waals surface area contributed by atoms with Crippen LogP contribution >= 0.6 is 0 Å². The maximum absolute atomic E-state index is 12.0. The van der Waals surface area contributed by atoms with Crippen LogP contribution in [-0.2, 0) is 13.6 Å². The summed E-state index contributed by atoms with van der Waals surface area (Å²) in [7, 11) is 1.83. The molecular weight excluding hydrogens is 252 g/mol. The second-order valence-electron chi connectivity index (χ2n) is 4.35. The number of aromatic nitrogens is 1. The fourth-order valence-corrected chi connectivity index (χ4v) is 1.87. The Morgan fingerprint density at radius 1 is 1.35 bits per heavy atom. The maximum Gasteiger partial charge on any atom is 0.268 e. The van der Waals surface area contributed by atoms with E-state index in [1.54, 1.807) is 10.6 Å². The number of carbonyl (C=O) groups excluding carboxylic acids is 1. The van der Waals surface area contributed by atoms with E-state index in [1.165, 1.54) is 0 Å². The van der Waals surface area contributed by atoms with Crippen LogP contribution in [0, 0.1) is 11.8 Å². The molecule has 0 aliphatic heterocycles. The molecule has 20 heavy (non-hydrogen) atoms. The molecule has 102 valence electrons. The lowest BCUT2D eigenvalue weighted by molar-refractivity contribution is 0.0943. The fraction of sp³-hybridized carbons (Fsp3) is 0.188. The predicted molar refractivity (Wildman–Crippen MR) is 77.0 cm³/mol. The average Bonchev–Trinajstić information content (AvgIpc) is 2.89. The van der Waals surface area contributed by atoms with Crippen molar-refractivity contribution in [2.75, 3.05) is 6.61 Å². The zero-order chi connectivity index (χ0) is 14.4. The molecule has 2 rings (SSSR count). The number of aryl methyl sites for hydroxylation is 1. The number of aliphatic hydroxyl groups is 1. The van der Waals surface area contributed by atoms with Gasteiger partial charge in [0.15, 0.2) is 0 Å². The lowest BCUT2D eigenvalue weighted by Gasteiger charge is -2.06. The molecule has 0 aliphatic carbocycles. The van der Waals surface area contributed by atoms with Crippen LogP contribution in [0.1, 0.15) is 21.6 Å². The van der Waals surface area contributed by atoms with Gasteiger partial charge in [0.2, 0.25) is 0 Å². The van der Waals surface area contributed by atoms with Crippen molar-refractivity contribution in [2.24, 2.45) is 7.05 Å². The SMILES string of the molecule is Cn1cccc1C(=O)NCc1cccc(C#CCO)c1. The van der Waals surface area contributed by atoms with Gasteiger partial charge in [-0.25, -0.2) is 0 Å². The molecule has 4 nitrogen and oxygen atoms in total. The Kier molecular flexibility index (Phi) is 4.59. The maximum atomic E-state index is 12.0. The lowest BCUT2D eigenvalue weighted by Crippen LogP contribution is -2.24. The van der Waals surface area contributed by atoms with E-state index in [0.717, 1.165) is 11.1 Å². The Bertz CT molecular complexity index is 662. The summed E-state index contributed by atoms with van der Waals surface area (Å²) in [6.07, 6.45) is 1.83. The first-order valence-electron chi connectivity index (χ1n) is 6.29. The summed E-state index contributed by atoms with van der Waals surface area (Å²) < 4.78 is 1.78. The van der Waals surface area contributed by atoms with Crippen molar-refractivity contribution in [1.82, 2.24) is 9.88 Å². The Balaban J connectivity index is 2.01.